The first kappa shape index (κ1) is 12.6. The van der Waals surface area contributed by atoms with E-state index in [-0.39, 0.29) is 30.6 Å². The number of ether oxygens (including phenoxy) is 1. The van der Waals surface area contributed by atoms with E-state index in [1.54, 1.807) is 11.9 Å². The molecule has 0 radical (unpaired) electrons. The lowest BCUT2D eigenvalue weighted by atomic mass is 10.2. The van der Waals surface area contributed by atoms with Crippen LogP contribution >= 0.6 is 0 Å². The van der Waals surface area contributed by atoms with E-state index >= 15 is 0 Å². The molecule has 0 bridgehead atoms. The molecular weight excluding hydrogens is 212 g/mol. The molecule has 6 heteroatoms. The molecule has 0 N–H and O–H groups in total. The number of nitrogens with zero attached hydrogens (tertiary/aromatic N) is 2. The quantitative estimate of drug-likeness (QED) is 0.467. The zero-order chi connectivity index (χ0) is 12.3. The number of likely N-dealkylation sites (tertiary alicyclic amines) is 1. The van der Waals surface area contributed by atoms with Crippen molar-refractivity contribution in [2.45, 2.75) is 18.9 Å². The van der Waals surface area contributed by atoms with Crippen molar-refractivity contribution in [1.29, 1.82) is 0 Å². The van der Waals surface area contributed by atoms with Crippen LogP contribution in [0.25, 0.3) is 0 Å². The third-order valence-corrected chi connectivity index (χ3v) is 2.79. The highest BCUT2D eigenvalue weighted by Gasteiger charge is 2.38. The summed E-state index contributed by atoms with van der Waals surface area (Å²) < 4.78 is 4.50. The van der Waals surface area contributed by atoms with Crippen molar-refractivity contribution in [3.63, 3.8) is 0 Å². The number of amides is 2. The van der Waals surface area contributed by atoms with Gasteiger partial charge < -0.3 is 4.74 Å². The lowest BCUT2D eigenvalue weighted by Gasteiger charge is -2.21. The fraction of sp³-hybridized carbons (Fsp3) is 0.700. The molecule has 1 heterocycles. The molecule has 6 nitrogen and oxygen atoms in total. The average molecular weight is 228 g/mol. The maximum atomic E-state index is 11.6. The molecule has 0 aromatic carbocycles. The Bertz CT molecular complexity index is 316. The van der Waals surface area contributed by atoms with Gasteiger partial charge in [0.15, 0.2) is 0 Å². The fourth-order valence-corrected chi connectivity index (χ4v) is 1.61. The Morgan fingerprint density at radius 2 is 2.19 bits per heavy atom. The maximum Gasteiger partial charge on any atom is 0.306 e. The Morgan fingerprint density at radius 3 is 2.62 bits per heavy atom. The van der Waals surface area contributed by atoms with Crippen LogP contribution in [0.5, 0.6) is 0 Å². The van der Waals surface area contributed by atoms with E-state index in [0.29, 0.717) is 6.54 Å². The van der Waals surface area contributed by atoms with Gasteiger partial charge >= 0.3 is 5.97 Å². The molecule has 1 atom stereocenters. The molecule has 0 saturated carbocycles. The number of likely N-dealkylation sites (N-methyl/N-ethyl adjacent to an activating group) is 2. The van der Waals surface area contributed by atoms with Crippen LogP contribution in [0.15, 0.2) is 0 Å². The minimum atomic E-state index is -0.442. The van der Waals surface area contributed by atoms with Gasteiger partial charge in [0.05, 0.1) is 26.0 Å². The van der Waals surface area contributed by atoms with Gasteiger partial charge in [-0.1, -0.05) is 0 Å². The SMILES string of the molecule is COC(=O)CCN(C)C1CC(=O)N(C)C1=O. The van der Waals surface area contributed by atoms with E-state index in [0.717, 1.165) is 4.90 Å². The summed E-state index contributed by atoms with van der Waals surface area (Å²) in [5, 5.41) is 0. The number of rotatable bonds is 4. The van der Waals surface area contributed by atoms with Gasteiger partial charge in [0.1, 0.15) is 0 Å². The summed E-state index contributed by atoms with van der Waals surface area (Å²) in [6.45, 7) is 0.407. The topological polar surface area (TPSA) is 66.9 Å². The van der Waals surface area contributed by atoms with Crippen LogP contribution in [0.1, 0.15) is 12.8 Å². The number of imide groups is 1. The van der Waals surface area contributed by atoms with Crippen LogP contribution in [0.3, 0.4) is 0 Å². The predicted octanol–water partition coefficient (Wildman–Crippen LogP) is -0.761. The van der Waals surface area contributed by atoms with Gasteiger partial charge in [-0.15, -0.1) is 0 Å². The smallest absolute Gasteiger partial charge is 0.306 e. The first-order chi connectivity index (χ1) is 7.47. The number of esters is 1. The van der Waals surface area contributed by atoms with E-state index in [2.05, 4.69) is 4.74 Å². The number of hydrogen-bond acceptors (Lipinski definition) is 5. The van der Waals surface area contributed by atoms with Crippen molar-refractivity contribution in [1.82, 2.24) is 9.80 Å². The number of carbonyl (C=O) groups excluding carboxylic acids is 3. The second kappa shape index (κ2) is 5.07. The van der Waals surface area contributed by atoms with Crippen LogP contribution in [-0.4, -0.2) is 61.4 Å². The minimum absolute atomic E-state index is 0.181. The predicted molar refractivity (Wildman–Crippen MR) is 55.4 cm³/mol. The summed E-state index contributed by atoms with van der Waals surface area (Å²) in [5.41, 5.74) is 0. The molecule has 0 aliphatic carbocycles. The van der Waals surface area contributed by atoms with Crippen LogP contribution in [-0.2, 0) is 19.1 Å². The van der Waals surface area contributed by atoms with Gasteiger partial charge in [0, 0.05) is 13.6 Å². The first-order valence-corrected chi connectivity index (χ1v) is 5.04. The Kier molecular flexibility index (Phi) is 4.00. The Morgan fingerprint density at radius 1 is 1.56 bits per heavy atom. The Balaban J connectivity index is 2.49. The lowest BCUT2D eigenvalue weighted by Crippen LogP contribution is -2.39. The largest absolute Gasteiger partial charge is 0.469 e. The molecule has 1 aliphatic rings. The molecule has 2 amide bonds. The number of methoxy groups -OCH3 is 1. The summed E-state index contributed by atoms with van der Waals surface area (Å²) in [7, 11) is 4.51. The molecule has 16 heavy (non-hydrogen) atoms. The van der Waals surface area contributed by atoms with Gasteiger partial charge in [-0.2, -0.15) is 0 Å². The van der Waals surface area contributed by atoms with Gasteiger partial charge in [0.25, 0.3) is 0 Å². The van der Waals surface area contributed by atoms with E-state index in [1.165, 1.54) is 14.2 Å². The van der Waals surface area contributed by atoms with E-state index in [4.69, 9.17) is 0 Å². The first-order valence-electron chi connectivity index (χ1n) is 5.04. The summed E-state index contributed by atoms with van der Waals surface area (Å²) in [4.78, 5) is 36.7. The second-order valence-electron chi connectivity index (χ2n) is 3.82. The third kappa shape index (κ3) is 2.57. The summed E-state index contributed by atoms with van der Waals surface area (Å²) in [6, 6.07) is -0.442. The molecule has 1 fully saturated rings. The van der Waals surface area contributed by atoms with Gasteiger partial charge in [-0.25, -0.2) is 0 Å². The average Bonchev–Trinajstić information content (AvgIpc) is 2.53. The molecule has 1 unspecified atom stereocenters. The molecule has 1 saturated heterocycles. The van der Waals surface area contributed by atoms with Crippen LogP contribution < -0.4 is 0 Å². The molecule has 0 aromatic rings. The molecule has 1 rings (SSSR count). The highest BCUT2D eigenvalue weighted by Crippen LogP contribution is 2.15. The van der Waals surface area contributed by atoms with Crippen molar-refractivity contribution in [2.75, 3.05) is 27.7 Å². The van der Waals surface area contributed by atoms with E-state index in [9.17, 15) is 14.4 Å². The van der Waals surface area contributed by atoms with Crippen molar-refractivity contribution in [2.24, 2.45) is 0 Å². The van der Waals surface area contributed by atoms with Crippen molar-refractivity contribution < 1.29 is 19.1 Å². The molecular formula is C10H16N2O4. The van der Waals surface area contributed by atoms with Crippen molar-refractivity contribution in [3.05, 3.63) is 0 Å². The number of hydrogen-bond donors (Lipinski definition) is 0. The standard InChI is InChI=1S/C10H16N2O4/c1-11(5-4-9(14)16-3)7-6-8(13)12(2)10(7)15/h7H,4-6H2,1-3H3. The molecule has 0 aromatic heterocycles. The Labute approximate surface area is 94.1 Å². The number of carbonyl (C=O) groups is 3. The van der Waals surface area contributed by atoms with Crippen molar-refractivity contribution >= 4 is 17.8 Å². The summed E-state index contributed by atoms with van der Waals surface area (Å²) in [5.74, 6) is -0.714. The third-order valence-electron chi connectivity index (χ3n) is 2.79. The van der Waals surface area contributed by atoms with Crippen molar-refractivity contribution in [3.8, 4) is 0 Å². The maximum absolute atomic E-state index is 11.6. The normalized spacial score (nSPS) is 20.8. The molecule has 90 valence electrons. The zero-order valence-corrected chi connectivity index (χ0v) is 9.73. The van der Waals surface area contributed by atoms with Crippen LogP contribution in [0, 0.1) is 0 Å². The summed E-state index contributed by atoms with van der Waals surface area (Å²) in [6.07, 6.45) is 0.404. The van der Waals surface area contributed by atoms with Gasteiger partial charge in [-0.05, 0) is 7.05 Å². The lowest BCUT2D eigenvalue weighted by molar-refractivity contribution is -0.142. The van der Waals surface area contributed by atoms with Crippen LogP contribution in [0.4, 0.5) is 0 Å². The van der Waals surface area contributed by atoms with Crippen LogP contribution in [0.2, 0.25) is 0 Å². The highest BCUT2D eigenvalue weighted by molar-refractivity contribution is 6.05. The Hall–Kier alpha value is -1.43. The highest BCUT2D eigenvalue weighted by atomic mass is 16.5. The fourth-order valence-electron chi connectivity index (χ4n) is 1.61. The zero-order valence-electron chi connectivity index (χ0n) is 9.73. The molecule has 1 aliphatic heterocycles. The van der Waals surface area contributed by atoms with E-state index < -0.39 is 6.04 Å². The molecule has 0 spiro atoms. The monoisotopic (exact) mass is 228 g/mol. The second-order valence-corrected chi connectivity index (χ2v) is 3.82. The minimum Gasteiger partial charge on any atom is -0.469 e. The van der Waals surface area contributed by atoms with Gasteiger partial charge in [-0.3, -0.25) is 24.2 Å². The summed E-state index contributed by atoms with van der Waals surface area (Å²) >= 11 is 0. The van der Waals surface area contributed by atoms with Gasteiger partial charge in [0.2, 0.25) is 11.8 Å². The van der Waals surface area contributed by atoms with E-state index in [1.807, 2.05) is 0 Å².